The van der Waals surface area contributed by atoms with Crippen molar-refractivity contribution < 1.29 is 4.79 Å². The lowest BCUT2D eigenvalue weighted by atomic mass is 10.1. The summed E-state index contributed by atoms with van der Waals surface area (Å²) in [6.07, 6.45) is 5.83. The van der Waals surface area contributed by atoms with Crippen LogP contribution < -0.4 is 5.32 Å². The number of anilines is 1. The predicted octanol–water partition coefficient (Wildman–Crippen LogP) is 2.32. The number of aromatic nitrogens is 2. The number of rotatable bonds is 4. The van der Waals surface area contributed by atoms with E-state index in [-0.39, 0.29) is 5.91 Å². The van der Waals surface area contributed by atoms with E-state index in [0.717, 1.165) is 10.5 Å². The van der Waals surface area contributed by atoms with Crippen molar-refractivity contribution in [2.24, 2.45) is 7.05 Å². The molecule has 1 aromatic heterocycles. The summed E-state index contributed by atoms with van der Waals surface area (Å²) >= 11 is 1.65. The van der Waals surface area contributed by atoms with Gasteiger partial charge in [0.1, 0.15) is 0 Å². The molecule has 0 aliphatic carbocycles. The highest BCUT2D eigenvalue weighted by Gasteiger charge is 2.09. The van der Waals surface area contributed by atoms with E-state index in [4.69, 9.17) is 0 Å². The average Bonchev–Trinajstić information content (AvgIpc) is 2.75. The number of imidazole rings is 1. The van der Waals surface area contributed by atoms with Crippen molar-refractivity contribution >= 4 is 23.6 Å². The number of thioether (sulfide) groups is 1. The summed E-state index contributed by atoms with van der Waals surface area (Å²) in [5.41, 5.74) is 1.04. The Balaban J connectivity index is 2.05. The molecule has 94 valence electrons. The lowest BCUT2D eigenvalue weighted by Crippen LogP contribution is -2.17. The fourth-order valence-corrected chi connectivity index (χ4v) is 2.29. The summed E-state index contributed by atoms with van der Waals surface area (Å²) in [6, 6.07) is 7.92. The van der Waals surface area contributed by atoms with E-state index in [0.29, 0.717) is 12.4 Å². The van der Waals surface area contributed by atoms with Crippen molar-refractivity contribution in [2.75, 3.05) is 11.6 Å². The Morgan fingerprint density at radius 3 is 2.89 bits per heavy atom. The fourth-order valence-electron chi connectivity index (χ4n) is 1.68. The Kier molecular flexibility index (Phi) is 4.04. The monoisotopic (exact) mass is 261 g/mol. The van der Waals surface area contributed by atoms with Crippen LogP contribution in [-0.4, -0.2) is 21.7 Å². The van der Waals surface area contributed by atoms with Gasteiger partial charge in [-0.05, 0) is 17.9 Å². The molecule has 4 nitrogen and oxygen atoms in total. The SMILES string of the molecule is CSc1ccccc1CC(=O)Nc1nccn1C. The molecule has 2 rings (SSSR count). The van der Waals surface area contributed by atoms with Crippen LogP contribution in [0.3, 0.4) is 0 Å². The Morgan fingerprint density at radius 2 is 2.22 bits per heavy atom. The lowest BCUT2D eigenvalue weighted by molar-refractivity contribution is -0.115. The quantitative estimate of drug-likeness (QED) is 0.859. The van der Waals surface area contributed by atoms with E-state index in [1.807, 2.05) is 37.6 Å². The fraction of sp³-hybridized carbons (Fsp3) is 0.231. The molecule has 0 spiro atoms. The van der Waals surface area contributed by atoms with Crippen LogP contribution in [0.2, 0.25) is 0 Å². The highest BCUT2D eigenvalue weighted by atomic mass is 32.2. The van der Waals surface area contributed by atoms with Crippen molar-refractivity contribution in [3.8, 4) is 0 Å². The van der Waals surface area contributed by atoms with E-state index in [2.05, 4.69) is 10.3 Å². The third-order valence-electron chi connectivity index (χ3n) is 2.62. The van der Waals surface area contributed by atoms with Gasteiger partial charge in [-0.25, -0.2) is 4.98 Å². The third-order valence-corrected chi connectivity index (χ3v) is 3.45. The molecule has 0 fully saturated rings. The molecule has 0 atom stereocenters. The van der Waals surface area contributed by atoms with Crippen LogP contribution in [0.25, 0.3) is 0 Å². The van der Waals surface area contributed by atoms with Crippen LogP contribution in [0.1, 0.15) is 5.56 Å². The number of aryl methyl sites for hydroxylation is 1. The maximum absolute atomic E-state index is 11.9. The van der Waals surface area contributed by atoms with Gasteiger partial charge < -0.3 is 4.57 Å². The number of hydrogen-bond acceptors (Lipinski definition) is 3. The molecule has 1 heterocycles. The first-order valence-corrected chi connectivity index (χ1v) is 6.82. The molecule has 0 saturated heterocycles. The smallest absolute Gasteiger partial charge is 0.231 e. The number of benzene rings is 1. The highest BCUT2D eigenvalue weighted by Crippen LogP contribution is 2.20. The van der Waals surface area contributed by atoms with Gasteiger partial charge in [-0.3, -0.25) is 10.1 Å². The summed E-state index contributed by atoms with van der Waals surface area (Å²) < 4.78 is 1.78. The van der Waals surface area contributed by atoms with Gasteiger partial charge in [-0.15, -0.1) is 11.8 Å². The van der Waals surface area contributed by atoms with Crippen molar-refractivity contribution in [2.45, 2.75) is 11.3 Å². The Hall–Kier alpha value is -1.75. The van der Waals surface area contributed by atoms with E-state index in [1.165, 1.54) is 0 Å². The van der Waals surface area contributed by atoms with E-state index < -0.39 is 0 Å². The molecule has 0 aliphatic heterocycles. The van der Waals surface area contributed by atoms with Gasteiger partial charge in [0.2, 0.25) is 11.9 Å². The molecule has 1 amide bonds. The van der Waals surface area contributed by atoms with Crippen LogP contribution >= 0.6 is 11.8 Å². The molecule has 5 heteroatoms. The molecular weight excluding hydrogens is 246 g/mol. The first-order chi connectivity index (χ1) is 8.70. The van der Waals surface area contributed by atoms with Crippen LogP contribution in [0, 0.1) is 0 Å². The predicted molar refractivity (Wildman–Crippen MR) is 73.8 cm³/mol. The van der Waals surface area contributed by atoms with Gasteiger partial charge in [0.15, 0.2) is 0 Å². The van der Waals surface area contributed by atoms with Gasteiger partial charge in [-0.2, -0.15) is 0 Å². The molecule has 0 aliphatic rings. The number of nitrogens with zero attached hydrogens (tertiary/aromatic N) is 2. The van der Waals surface area contributed by atoms with Gasteiger partial charge >= 0.3 is 0 Å². The number of nitrogens with one attached hydrogen (secondary N) is 1. The molecular formula is C13H15N3OS. The van der Waals surface area contributed by atoms with Crippen molar-refractivity contribution in [1.29, 1.82) is 0 Å². The van der Waals surface area contributed by atoms with Gasteiger partial charge in [0.25, 0.3) is 0 Å². The summed E-state index contributed by atoms with van der Waals surface area (Å²) in [5, 5.41) is 2.79. The molecule has 0 bridgehead atoms. The van der Waals surface area contributed by atoms with Crippen LogP contribution in [-0.2, 0) is 18.3 Å². The Morgan fingerprint density at radius 1 is 1.44 bits per heavy atom. The summed E-state index contributed by atoms with van der Waals surface area (Å²) in [4.78, 5) is 17.1. The molecule has 0 saturated carbocycles. The number of carbonyl (C=O) groups excluding carboxylic acids is 1. The highest BCUT2D eigenvalue weighted by molar-refractivity contribution is 7.98. The Labute approximate surface area is 110 Å². The molecule has 1 aromatic carbocycles. The van der Waals surface area contributed by atoms with Crippen LogP contribution in [0.5, 0.6) is 0 Å². The average molecular weight is 261 g/mol. The second kappa shape index (κ2) is 5.73. The zero-order valence-electron chi connectivity index (χ0n) is 10.4. The first-order valence-electron chi connectivity index (χ1n) is 5.60. The van der Waals surface area contributed by atoms with Gasteiger partial charge in [0, 0.05) is 24.3 Å². The normalized spacial score (nSPS) is 10.3. The molecule has 18 heavy (non-hydrogen) atoms. The van der Waals surface area contributed by atoms with Crippen molar-refractivity contribution in [3.63, 3.8) is 0 Å². The second-order valence-electron chi connectivity index (χ2n) is 3.90. The van der Waals surface area contributed by atoms with E-state index in [1.54, 1.807) is 28.7 Å². The van der Waals surface area contributed by atoms with Gasteiger partial charge in [-0.1, -0.05) is 18.2 Å². The second-order valence-corrected chi connectivity index (χ2v) is 4.75. The van der Waals surface area contributed by atoms with Crippen molar-refractivity contribution in [3.05, 3.63) is 42.2 Å². The first kappa shape index (κ1) is 12.7. The molecule has 0 radical (unpaired) electrons. The summed E-state index contributed by atoms with van der Waals surface area (Å²) in [5.74, 6) is 0.521. The lowest BCUT2D eigenvalue weighted by Gasteiger charge is -2.07. The molecule has 2 aromatic rings. The Bertz CT molecular complexity index is 551. The maximum atomic E-state index is 11.9. The maximum Gasteiger partial charge on any atom is 0.231 e. The minimum Gasteiger partial charge on any atom is -0.320 e. The van der Waals surface area contributed by atoms with Crippen LogP contribution in [0.4, 0.5) is 5.95 Å². The summed E-state index contributed by atoms with van der Waals surface area (Å²) in [6.45, 7) is 0. The minimum absolute atomic E-state index is 0.0502. The van der Waals surface area contributed by atoms with Gasteiger partial charge in [0.05, 0.1) is 6.42 Å². The summed E-state index contributed by atoms with van der Waals surface area (Å²) in [7, 11) is 1.85. The van der Waals surface area contributed by atoms with E-state index in [9.17, 15) is 4.79 Å². The van der Waals surface area contributed by atoms with E-state index >= 15 is 0 Å². The zero-order chi connectivity index (χ0) is 13.0. The zero-order valence-corrected chi connectivity index (χ0v) is 11.2. The van der Waals surface area contributed by atoms with Crippen LogP contribution in [0.15, 0.2) is 41.6 Å². The third kappa shape index (κ3) is 2.92. The minimum atomic E-state index is -0.0502. The standard InChI is InChI=1S/C13H15N3OS/c1-16-8-7-14-13(16)15-12(17)9-10-5-3-4-6-11(10)18-2/h3-8H,9H2,1-2H3,(H,14,15,17). The molecule has 1 N–H and O–H groups in total. The van der Waals surface area contributed by atoms with Crippen molar-refractivity contribution in [1.82, 2.24) is 9.55 Å². The number of carbonyl (C=O) groups is 1. The molecule has 0 unspecified atom stereocenters. The number of amides is 1. The topological polar surface area (TPSA) is 46.9 Å². The largest absolute Gasteiger partial charge is 0.320 e. The number of hydrogen-bond donors (Lipinski definition) is 1.